The van der Waals surface area contributed by atoms with Crippen LogP contribution < -0.4 is 11.5 Å². The molecule has 2 aliphatic rings. The Morgan fingerprint density at radius 1 is 0.824 bits per heavy atom. The molecule has 4 atom stereocenters. The summed E-state index contributed by atoms with van der Waals surface area (Å²) in [6.07, 6.45) is 9.67. The van der Waals surface area contributed by atoms with E-state index in [2.05, 4.69) is 0 Å². The fraction of sp³-hybridized carbons (Fsp3) is 0.667. The number of rotatable bonds is 2. The second-order valence-electron chi connectivity index (χ2n) is 4.45. The van der Waals surface area contributed by atoms with Crippen molar-refractivity contribution in [3.05, 3.63) is 24.3 Å². The Kier molecular flexibility index (Phi) is 8.47. The van der Waals surface area contributed by atoms with E-state index in [9.17, 15) is 0 Å². The molecule has 0 saturated heterocycles. The molecule has 6 N–H and O–H groups in total. The number of aliphatic hydroxyl groups excluding tert-OH is 2. The maximum absolute atomic E-state index is 8.58. The van der Waals surface area contributed by atoms with Crippen LogP contribution in [0.5, 0.6) is 0 Å². The third-order valence-corrected chi connectivity index (χ3v) is 2.88. The van der Waals surface area contributed by atoms with Crippen molar-refractivity contribution in [2.45, 2.75) is 24.9 Å². The summed E-state index contributed by atoms with van der Waals surface area (Å²) in [5, 5.41) is 17.2. The topological polar surface area (TPSA) is 92.5 Å². The average Bonchev–Trinajstić information content (AvgIpc) is 2.88. The number of hydrogen-bond donors (Lipinski definition) is 4. The first-order valence-corrected chi connectivity index (χ1v) is 5.75. The van der Waals surface area contributed by atoms with Gasteiger partial charge < -0.3 is 21.7 Å². The fourth-order valence-corrected chi connectivity index (χ4v) is 1.88. The maximum atomic E-state index is 8.58. The molecule has 0 aromatic rings. The molecule has 0 aliphatic heterocycles. The zero-order chi connectivity index (χ0) is 12.0. The van der Waals surface area contributed by atoms with Crippen LogP contribution in [0.4, 0.5) is 0 Å². The summed E-state index contributed by atoms with van der Waals surface area (Å²) in [7, 11) is 0. The van der Waals surface area contributed by atoms with Crippen molar-refractivity contribution < 1.29 is 10.2 Å². The lowest BCUT2D eigenvalue weighted by Crippen LogP contribution is -2.15. The highest BCUT2D eigenvalue weighted by molar-refractivity contribution is 5.85. The Hall–Kier alpha value is -0.390. The van der Waals surface area contributed by atoms with Crippen molar-refractivity contribution in [1.29, 1.82) is 0 Å². The first kappa shape index (κ1) is 16.6. The minimum Gasteiger partial charge on any atom is -0.396 e. The monoisotopic (exact) mass is 262 g/mol. The van der Waals surface area contributed by atoms with Gasteiger partial charge in [-0.3, -0.25) is 0 Å². The molecular weight excluding hydrogens is 240 g/mol. The van der Waals surface area contributed by atoms with Gasteiger partial charge >= 0.3 is 0 Å². The van der Waals surface area contributed by atoms with E-state index in [-0.39, 0.29) is 37.7 Å². The van der Waals surface area contributed by atoms with Gasteiger partial charge in [-0.1, -0.05) is 24.3 Å². The van der Waals surface area contributed by atoms with E-state index >= 15 is 0 Å². The summed E-state index contributed by atoms with van der Waals surface area (Å²) < 4.78 is 0. The minimum absolute atomic E-state index is 0. The van der Waals surface area contributed by atoms with Gasteiger partial charge in [0.1, 0.15) is 0 Å². The smallest absolute Gasteiger partial charge is 0.0494 e. The summed E-state index contributed by atoms with van der Waals surface area (Å²) in [5.41, 5.74) is 11.0. The van der Waals surface area contributed by atoms with Crippen LogP contribution in [0.2, 0.25) is 0 Å². The second kappa shape index (κ2) is 8.66. The molecule has 0 fully saturated rings. The third kappa shape index (κ3) is 6.19. The second-order valence-corrected chi connectivity index (χ2v) is 4.45. The van der Waals surface area contributed by atoms with Gasteiger partial charge in [-0.05, 0) is 12.8 Å². The molecule has 17 heavy (non-hydrogen) atoms. The first-order chi connectivity index (χ1) is 7.65. The molecule has 2 rings (SSSR count). The zero-order valence-corrected chi connectivity index (χ0v) is 10.7. The number of aliphatic hydroxyl groups is 2. The van der Waals surface area contributed by atoms with Crippen LogP contribution in [0.3, 0.4) is 0 Å². The molecule has 0 amide bonds. The lowest BCUT2D eigenvalue weighted by molar-refractivity contribution is 0.249. The molecule has 0 aromatic heterocycles. The van der Waals surface area contributed by atoms with Crippen LogP contribution in [0, 0.1) is 11.8 Å². The van der Waals surface area contributed by atoms with E-state index in [0.29, 0.717) is 11.8 Å². The molecule has 0 unspecified atom stereocenters. The number of nitrogens with two attached hydrogens (primary N) is 2. The predicted octanol–water partition coefficient (Wildman–Crippen LogP) is 0.186. The van der Waals surface area contributed by atoms with Crippen molar-refractivity contribution in [2.24, 2.45) is 23.3 Å². The Labute approximate surface area is 109 Å². The molecule has 0 aromatic carbocycles. The summed E-state index contributed by atoms with van der Waals surface area (Å²) >= 11 is 0. The largest absolute Gasteiger partial charge is 0.396 e. The van der Waals surface area contributed by atoms with Gasteiger partial charge in [0.25, 0.3) is 0 Å². The van der Waals surface area contributed by atoms with Crippen molar-refractivity contribution in [3.63, 3.8) is 0 Å². The van der Waals surface area contributed by atoms with Gasteiger partial charge in [0.2, 0.25) is 0 Å². The van der Waals surface area contributed by atoms with Crippen LogP contribution in [0.25, 0.3) is 0 Å². The Morgan fingerprint density at radius 3 is 1.29 bits per heavy atom. The van der Waals surface area contributed by atoms with Crippen LogP contribution in [-0.4, -0.2) is 35.5 Å². The van der Waals surface area contributed by atoms with E-state index in [4.69, 9.17) is 21.7 Å². The van der Waals surface area contributed by atoms with Crippen LogP contribution >= 0.6 is 12.4 Å². The van der Waals surface area contributed by atoms with Crippen molar-refractivity contribution >= 4 is 12.4 Å². The molecule has 4 nitrogen and oxygen atoms in total. The highest BCUT2D eigenvalue weighted by atomic mass is 35.5. The standard InChI is InChI=1S/2C6H11NO.ClH/c2*7-6-2-1-5(3-6)4-8;/h2*1-2,5-6,8H,3-4,7H2;1H/t2*5-,6+;/m11./s1. The number of halogens is 1. The Balaban J connectivity index is 0.000000284. The van der Waals surface area contributed by atoms with Gasteiger partial charge in [-0.25, -0.2) is 0 Å². The zero-order valence-electron chi connectivity index (χ0n) is 9.90. The molecule has 5 heteroatoms. The maximum Gasteiger partial charge on any atom is 0.0494 e. The molecule has 0 heterocycles. The summed E-state index contributed by atoms with van der Waals surface area (Å²) in [5.74, 6) is 0.648. The first-order valence-electron chi connectivity index (χ1n) is 5.75. The SMILES string of the molecule is Cl.N[C@H]1C=C[C@@H](CO)C1.N[C@H]1C=C[C@@H](CO)C1. The van der Waals surface area contributed by atoms with Crippen LogP contribution in [0.15, 0.2) is 24.3 Å². The van der Waals surface area contributed by atoms with Gasteiger partial charge in [0.15, 0.2) is 0 Å². The van der Waals surface area contributed by atoms with E-state index < -0.39 is 0 Å². The molecule has 0 saturated carbocycles. The molecular formula is C12H23ClN2O2. The van der Waals surface area contributed by atoms with Crippen molar-refractivity contribution in [1.82, 2.24) is 0 Å². The van der Waals surface area contributed by atoms with E-state index in [1.807, 2.05) is 24.3 Å². The Morgan fingerprint density at radius 2 is 1.18 bits per heavy atom. The van der Waals surface area contributed by atoms with E-state index in [0.717, 1.165) is 12.8 Å². The molecule has 100 valence electrons. The van der Waals surface area contributed by atoms with Crippen molar-refractivity contribution in [3.8, 4) is 0 Å². The predicted molar refractivity (Wildman–Crippen MR) is 71.9 cm³/mol. The lowest BCUT2D eigenvalue weighted by atomic mass is 10.1. The minimum atomic E-state index is 0. The molecule has 0 radical (unpaired) electrons. The summed E-state index contributed by atoms with van der Waals surface area (Å²) in [4.78, 5) is 0. The molecule has 0 spiro atoms. The van der Waals surface area contributed by atoms with Gasteiger partial charge in [-0.2, -0.15) is 0 Å². The summed E-state index contributed by atoms with van der Waals surface area (Å²) in [6.45, 7) is 0.481. The fourth-order valence-electron chi connectivity index (χ4n) is 1.88. The van der Waals surface area contributed by atoms with Gasteiger partial charge in [-0.15, -0.1) is 12.4 Å². The molecule has 0 bridgehead atoms. The normalized spacial score (nSPS) is 34.1. The quantitative estimate of drug-likeness (QED) is 0.535. The van der Waals surface area contributed by atoms with E-state index in [1.54, 1.807) is 0 Å². The van der Waals surface area contributed by atoms with Crippen LogP contribution in [-0.2, 0) is 0 Å². The highest BCUT2D eigenvalue weighted by Crippen LogP contribution is 2.15. The summed E-state index contributed by atoms with van der Waals surface area (Å²) in [6, 6.07) is 0.374. The highest BCUT2D eigenvalue weighted by Gasteiger charge is 2.13. The van der Waals surface area contributed by atoms with Crippen LogP contribution in [0.1, 0.15) is 12.8 Å². The van der Waals surface area contributed by atoms with Gasteiger partial charge in [0, 0.05) is 37.1 Å². The molecule has 2 aliphatic carbocycles. The van der Waals surface area contributed by atoms with Crippen molar-refractivity contribution in [2.75, 3.05) is 13.2 Å². The lowest BCUT2D eigenvalue weighted by Gasteiger charge is -2.02. The third-order valence-electron chi connectivity index (χ3n) is 2.88. The number of hydrogen-bond acceptors (Lipinski definition) is 4. The average molecular weight is 263 g/mol. The van der Waals surface area contributed by atoms with Gasteiger partial charge in [0.05, 0.1) is 0 Å². The van der Waals surface area contributed by atoms with E-state index in [1.165, 1.54) is 0 Å². The Bertz CT molecular complexity index is 233.